The van der Waals surface area contributed by atoms with Crippen molar-refractivity contribution in [3.63, 3.8) is 0 Å². The van der Waals surface area contributed by atoms with Gasteiger partial charge in [-0.1, -0.05) is 0 Å². The lowest BCUT2D eigenvalue weighted by Crippen LogP contribution is -2.46. The summed E-state index contributed by atoms with van der Waals surface area (Å²) in [5.74, 6) is -1.87. The quantitative estimate of drug-likeness (QED) is 0.711. The molecule has 2 aromatic rings. The van der Waals surface area contributed by atoms with E-state index in [1.54, 1.807) is 6.20 Å². The number of benzene rings is 1. The summed E-state index contributed by atoms with van der Waals surface area (Å²) in [7, 11) is -3.81. The first-order chi connectivity index (χ1) is 13.8. The van der Waals surface area contributed by atoms with Gasteiger partial charge in [-0.3, -0.25) is 9.59 Å². The molecule has 0 aliphatic carbocycles. The predicted octanol–water partition coefficient (Wildman–Crippen LogP) is 1.75. The van der Waals surface area contributed by atoms with Gasteiger partial charge in [0.1, 0.15) is 5.82 Å². The second-order valence-corrected chi connectivity index (χ2v) is 9.87. The van der Waals surface area contributed by atoms with Crippen molar-refractivity contribution >= 4 is 38.3 Å². The molecule has 1 atom stereocenters. The van der Waals surface area contributed by atoms with Crippen LogP contribution >= 0.6 is 11.3 Å². The lowest BCUT2D eigenvalue weighted by molar-refractivity contribution is -0.128. The minimum Gasteiger partial charge on any atom is -0.347 e. The lowest BCUT2D eigenvalue weighted by Gasteiger charge is -2.31. The van der Waals surface area contributed by atoms with Gasteiger partial charge < -0.3 is 10.6 Å². The molecule has 1 aromatic carbocycles. The molecule has 1 aliphatic heterocycles. The highest BCUT2D eigenvalue weighted by Crippen LogP contribution is 2.24. The molecule has 11 heteroatoms. The van der Waals surface area contributed by atoms with E-state index < -0.39 is 27.7 Å². The first-order valence-electron chi connectivity index (χ1n) is 9.01. The summed E-state index contributed by atoms with van der Waals surface area (Å²) in [5, 5.41) is 5.60. The molecule has 0 radical (unpaired) electrons. The molecule has 1 saturated heterocycles. The number of thiazole rings is 1. The van der Waals surface area contributed by atoms with Gasteiger partial charge in [0.25, 0.3) is 0 Å². The standard InChI is InChI=1S/C18H21FN4O4S2/c1-12-9-21-18(28-12)22-16(24)10-20-17(25)13-3-2-8-23(11-13)29(26,27)15-6-4-14(19)5-7-15/h4-7,9,13H,2-3,8,10-11H2,1H3,(H,20,25)(H,21,22,24)/t13-/m0/s1. The molecule has 2 N–H and O–H groups in total. The van der Waals surface area contributed by atoms with E-state index in [0.717, 1.165) is 17.0 Å². The molecule has 1 aromatic heterocycles. The summed E-state index contributed by atoms with van der Waals surface area (Å²) in [4.78, 5) is 29.3. The van der Waals surface area contributed by atoms with Crippen LogP contribution in [0.1, 0.15) is 17.7 Å². The number of hydrogen-bond donors (Lipinski definition) is 2. The Labute approximate surface area is 172 Å². The number of rotatable bonds is 6. The Hall–Kier alpha value is -2.37. The van der Waals surface area contributed by atoms with E-state index in [2.05, 4.69) is 15.6 Å². The Morgan fingerprint density at radius 1 is 1.31 bits per heavy atom. The molecule has 1 fully saturated rings. The highest BCUT2D eigenvalue weighted by atomic mass is 32.2. The molecule has 0 bridgehead atoms. The normalized spacial score (nSPS) is 17.7. The van der Waals surface area contributed by atoms with Crippen LogP contribution < -0.4 is 10.6 Å². The number of hydrogen-bond acceptors (Lipinski definition) is 6. The maximum Gasteiger partial charge on any atom is 0.245 e. The van der Waals surface area contributed by atoms with Crippen molar-refractivity contribution in [1.82, 2.24) is 14.6 Å². The number of halogens is 1. The molecular formula is C18H21FN4O4S2. The van der Waals surface area contributed by atoms with Gasteiger partial charge >= 0.3 is 0 Å². The molecular weight excluding hydrogens is 419 g/mol. The fourth-order valence-electron chi connectivity index (χ4n) is 3.02. The number of sulfonamides is 1. The summed E-state index contributed by atoms with van der Waals surface area (Å²) in [5.41, 5.74) is 0. The van der Waals surface area contributed by atoms with Crippen LogP contribution in [0.15, 0.2) is 35.4 Å². The molecule has 2 amide bonds. The number of nitrogens with zero attached hydrogens (tertiary/aromatic N) is 2. The van der Waals surface area contributed by atoms with Crippen molar-refractivity contribution in [2.45, 2.75) is 24.7 Å². The van der Waals surface area contributed by atoms with Gasteiger partial charge in [-0.15, -0.1) is 11.3 Å². The van der Waals surface area contributed by atoms with Gasteiger partial charge in [0.05, 0.1) is 17.4 Å². The van der Waals surface area contributed by atoms with Crippen molar-refractivity contribution in [2.24, 2.45) is 5.92 Å². The zero-order chi connectivity index (χ0) is 21.0. The summed E-state index contributed by atoms with van der Waals surface area (Å²) in [6.07, 6.45) is 2.68. The monoisotopic (exact) mass is 440 g/mol. The number of aryl methyl sites for hydroxylation is 1. The predicted molar refractivity (Wildman–Crippen MR) is 106 cm³/mol. The number of piperidine rings is 1. The Bertz CT molecular complexity index is 992. The summed E-state index contributed by atoms with van der Waals surface area (Å²) in [6, 6.07) is 4.59. The van der Waals surface area contributed by atoms with E-state index in [1.165, 1.54) is 27.8 Å². The Balaban J connectivity index is 1.56. The largest absolute Gasteiger partial charge is 0.347 e. The Morgan fingerprint density at radius 3 is 2.69 bits per heavy atom. The van der Waals surface area contributed by atoms with Crippen LogP contribution in [0.4, 0.5) is 9.52 Å². The summed E-state index contributed by atoms with van der Waals surface area (Å²) in [6.45, 7) is 1.94. The fourth-order valence-corrected chi connectivity index (χ4v) is 5.22. The van der Waals surface area contributed by atoms with Crippen LogP contribution in [0.5, 0.6) is 0 Å². The molecule has 29 heavy (non-hydrogen) atoms. The first-order valence-corrected chi connectivity index (χ1v) is 11.3. The van der Waals surface area contributed by atoms with E-state index in [0.29, 0.717) is 18.0 Å². The topological polar surface area (TPSA) is 108 Å². The Morgan fingerprint density at radius 2 is 2.03 bits per heavy atom. The zero-order valence-electron chi connectivity index (χ0n) is 15.7. The molecule has 3 rings (SSSR count). The number of carbonyl (C=O) groups is 2. The zero-order valence-corrected chi connectivity index (χ0v) is 17.4. The van der Waals surface area contributed by atoms with Crippen LogP contribution in [0.3, 0.4) is 0 Å². The average Bonchev–Trinajstić information content (AvgIpc) is 3.11. The van der Waals surface area contributed by atoms with Gasteiger partial charge in [-0.2, -0.15) is 4.31 Å². The molecule has 0 spiro atoms. The van der Waals surface area contributed by atoms with E-state index in [-0.39, 0.29) is 30.4 Å². The van der Waals surface area contributed by atoms with Gasteiger partial charge in [-0.25, -0.2) is 17.8 Å². The number of aromatic nitrogens is 1. The number of anilines is 1. The third kappa shape index (κ3) is 5.37. The highest BCUT2D eigenvalue weighted by molar-refractivity contribution is 7.89. The molecule has 1 aliphatic rings. The fraction of sp³-hybridized carbons (Fsp3) is 0.389. The van der Waals surface area contributed by atoms with E-state index in [9.17, 15) is 22.4 Å². The van der Waals surface area contributed by atoms with E-state index in [4.69, 9.17) is 0 Å². The van der Waals surface area contributed by atoms with E-state index >= 15 is 0 Å². The lowest BCUT2D eigenvalue weighted by atomic mass is 9.99. The molecule has 0 saturated carbocycles. The van der Waals surface area contributed by atoms with Crippen molar-refractivity contribution in [3.05, 3.63) is 41.2 Å². The second kappa shape index (κ2) is 8.97. The Kier molecular flexibility index (Phi) is 6.60. The average molecular weight is 441 g/mol. The van der Waals surface area contributed by atoms with Crippen molar-refractivity contribution in [3.8, 4) is 0 Å². The van der Waals surface area contributed by atoms with Crippen LogP contribution in [0.2, 0.25) is 0 Å². The maximum atomic E-state index is 13.1. The van der Waals surface area contributed by atoms with E-state index in [1.807, 2.05) is 6.92 Å². The second-order valence-electron chi connectivity index (χ2n) is 6.70. The van der Waals surface area contributed by atoms with Crippen LogP contribution in [-0.4, -0.2) is 49.2 Å². The van der Waals surface area contributed by atoms with Crippen LogP contribution in [0, 0.1) is 18.7 Å². The van der Waals surface area contributed by atoms with Crippen LogP contribution in [-0.2, 0) is 19.6 Å². The van der Waals surface area contributed by atoms with Crippen molar-refractivity contribution < 1.29 is 22.4 Å². The van der Waals surface area contributed by atoms with Gasteiger partial charge in [-0.05, 0) is 44.0 Å². The number of carbonyl (C=O) groups excluding carboxylic acids is 2. The van der Waals surface area contributed by atoms with Gasteiger partial charge in [0.2, 0.25) is 21.8 Å². The molecule has 8 nitrogen and oxygen atoms in total. The first kappa shape index (κ1) is 21.3. The molecule has 2 heterocycles. The van der Waals surface area contributed by atoms with Crippen molar-refractivity contribution in [2.75, 3.05) is 25.0 Å². The van der Waals surface area contributed by atoms with Crippen molar-refractivity contribution in [1.29, 1.82) is 0 Å². The SMILES string of the molecule is Cc1cnc(NC(=O)CNC(=O)[C@H]2CCCN(S(=O)(=O)c3ccc(F)cc3)C2)s1. The minimum absolute atomic E-state index is 0.0127. The number of nitrogens with one attached hydrogen (secondary N) is 2. The minimum atomic E-state index is -3.81. The summed E-state index contributed by atoms with van der Waals surface area (Å²) >= 11 is 1.33. The smallest absolute Gasteiger partial charge is 0.245 e. The van der Waals surface area contributed by atoms with Gasteiger partial charge in [0.15, 0.2) is 5.13 Å². The van der Waals surface area contributed by atoms with Crippen LogP contribution in [0.25, 0.3) is 0 Å². The molecule has 156 valence electrons. The highest BCUT2D eigenvalue weighted by Gasteiger charge is 2.33. The van der Waals surface area contributed by atoms with Gasteiger partial charge in [0, 0.05) is 24.2 Å². The maximum absolute atomic E-state index is 13.1. The summed E-state index contributed by atoms with van der Waals surface area (Å²) < 4.78 is 39.8. The third-order valence-corrected chi connectivity index (χ3v) is 7.20. The molecule has 0 unspecified atom stereocenters. The number of amides is 2. The third-order valence-electron chi connectivity index (χ3n) is 4.50.